The number of nitrogens with one attached hydrogen (secondary N) is 2. The number of nitro benzene ring substituents is 1. The van der Waals surface area contributed by atoms with Crippen molar-refractivity contribution < 1.29 is 24.4 Å². The number of nitro groups is 1. The molecule has 1 atom stereocenters. The number of aromatic hydroxyl groups is 1. The van der Waals surface area contributed by atoms with Crippen LogP contribution in [-0.4, -0.2) is 28.1 Å². The summed E-state index contributed by atoms with van der Waals surface area (Å²) in [7, 11) is 0. The van der Waals surface area contributed by atoms with Gasteiger partial charge in [0.25, 0.3) is 0 Å². The summed E-state index contributed by atoms with van der Waals surface area (Å²) < 4.78 is 5.18. The van der Waals surface area contributed by atoms with Crippen LogP contribution >= 0.6 is 0 Å². The maximum absolute atomic E-state index is 12.3. The molecule has 0 aliphatic carbocycles. The van der Waals surface area contributed by atoms with Crippen LogP contribution in [0.25, 0.3) is 0 Å². The normalized spacial score (nSPS) is 17.3. The monoisotopic (exact) mass is 335 g/mol. The van der Waals surface area contributed by atoms with E-state index in [4.69, 9.17) is 4.74 Å². The Bertz CT molecular complexity index is 741. The van der Waals surface area contributed by atoms with Crippen molar-refractivity contribution in [1.29, 1.82) is 0 Å². The van der Waals surface area contributed by atoms with Gasteiger partial charge in [-0.25, -0.2) is 9.59 Å². The van der Waals surface area contributed by atoms with Crippen LogP contribution in [0.15, 0.2) is 29.5 Å². The van der Waals surface area contributed by atoms with E-state index in [0.29, 0.717) is 5.70 Å². The Labute approximate surface area is 137 Å². The minimum Gasteiger partial charge on any atom is -0.502 e. The second-order valence-electron chi connectivity index (χ2n) is 5.53. The molecule has 0 saturated carbocycles. The number of hydrogen-bond donors (Lipinski definition) is 3. The van der Waals surface area contributed by atoms with E-state index in [1.165, 1.54) is 13.0 Å². The van der Waals surface area contributed by atoms with E-state index < -0.39 is 34.4 Å². The number of phenols is 1. The Morgan fingerprint density at radius 1 is 1.42 bits per heavy atom. The van der Waals surface area contributed by atoms with Crippen molar-refractivity contribution in [3.8, 4) is 5.75 Å². The smallest absolute Gasteiger partial charge is 0.338 e. The van der Waals surface area contributed by atoms with Crippen LogP contribution in [0.1, 0.15) is 32.4 Å². The maximum Gasteiger partial charge on any atom is 0.338 e. The highest BCUT2D eigenvalue weighted by Gasteiger charge is 2.33. The van der Waals surface area contributed by atoms with Gasteiger partial charge in [-0.3, -0.25) is 10.1 Å². The number of esters is 1. The van der Waals surface area contributed by atoms with Crippen molar-refractivity contribution in [2.24, 2.45) is 0 Å². The zero-order valence-electron chi connectivity index (χ0n) is 13.3. The number of allylic oxidation sites excluding steroid dienone is 1. The van der Waals surface area contributed by atoms with Crippen molar-refractivity contribution in [3.63, 3.8) is 0 Å². The van der Waals surface area contributed by atoms with E-state index in [1.54, 1.807) is 13.8 Å². The first-order valence-corrected chi connectivity index (χ1v) is 7.17. The van der Waals surface area contributed by atoms with Gasteiger partial charge >= 0.3 is 17.7 Å². The van der Waals surface area contributed by atoms with E-state index in [0.717, 1.165) is 12.1 Å². The molecule has 128 valence electrons. The fourth-order valence-corrected chi connectivity index (χ4v) is 2.36. The first kappa shape index (κ1) is 17.3. The topological polar surface area (TPSA) is 131 Å². The minimum atomic E-state index is -0.927. The molecule has 1 aliphatic heterocycles. The number of benzene rings is 1. The molecular weight excluding hydrogens is 318 g/mol. The van der Waals surface area contributed by atoms with E-state index in [9.17, 15) is 24.8 Å². The van der Waals surface area contributed by atoms with Crippen LogP contribution in [0.3, 0.4) is 0 Å². The molecule has 0 saturated heterocycles. The van der Waals surface area contributed by atoms with Gasteiger partial charge in [0, 0.05) is 11.8 Å². The third-order valence-electron chi connectivity index (χ3n) is 3.36. The molecular formula is C15H17N3O6. The molecule has 1 unspecified atom stereocenters. The average Bonchev–Trinajstić information content (AvgIpc) is 2.45. The molecule has 0 spiro atoms. The summed E-state index contributed by atoms with van der Waals surface area (Å²) in [5.41, 5.74) is 0.201. The lowest BCUT2D eigenvalue weighted by molar-refractivity contribution is -0.385. The van der Waals surface area contributed by atoms with Crippen LogP contribution in [-0.2, 0) is 9.53 Å². The van der Waals surface area contributed by atoms with E-state index >= 15 is 0 Å². The number of amides is 2. The first-order valence-electron chi connectivity index (χ1n) is 7.17. The van der Waals surface area contributed by atoms with Crippen molar-refractivity contribution in [1.82, 2.24) is 10.6 Å². The summed E-state index contributed by atoms with van der Waals surface area (Å²) in [6.45, 7) is 4.91. The maximum atomic E-state index is 12.3. The quantitative estimate of drug-likeness (QED) is 0.437. The molecule has 0 fully saturated rings. The van der Waals surface area contributed by atoms with Crippen LogP contribution in [0.5, 0.6) is 5.75 Å². The number of nitrogens with zero attached hydrogens (tertiary/aromatic N) is 1. The zero-order chi connectivity index (χ0) is 18.0. The Morgan fingerprint density at radius 2 is 2.08 bits per heavy atom. The fraction of sp³-hybridized carbons (Fsp3) is 0.333. The SMILES string of the molecule is CC1=C(C(=O)OC(C)C)C(c2ccc(O)c([N+](=O)[O-])c2)NC(=O)N1. The molecule has 2 amide bonds. The third kappa shape index (κ3) is 3.45. The average molecular weight is 335 g/mol. The lowest BCUT2D eigenvalue weighted by Gasteiger charge is -2.28. The van der Waals surface area contributed by atoms with Crippen LogP contribution < -0.4 is 10.6 Å². The Hall–Kier alpha value is -3.10. The first-order chi connectivity index (χ1) is 11.2. The molecule has 9 nitrogen and oxygen atoms in total. The molecule has 1 aromatic carbocycles. The van der Waals surface area contributed by atoms with Gasteiger partial charge in [-0.1, -0.05) is 6.07 Å². The van der Waals surface area contributed by atoms with Gasteiger partial charge in [0.1, 0.15) is 0 Å². The standard InChI is InChI=1S/C15H17N3O6/c1-7(2)24-14(20)12-8(3)16-15(21)17-13(12)9-4-5-11(19)10(6-9)18(22)23/h4-7,13,19H,1-3H3,(H2,16,17,21). The molecule has 1 aromatic rings. The predicted molar refractivity (Wildman–Crippen MR) is 83.1 cm³/mol. The summed E-state index contributed by atoms with van der Waals surface area (Å²) in [5.74, 6) is -1.15. The molecule has 0 radical (unpaired) electrons. The predicted octanol–water partition coefficient (Wildman–Crippen LogP) is 1.88. The summed E-state index contributed by atoms with van der Waals surface area (Å²) in [6, 6.07) is 2.18. The second kappa shape index (κ2) is 6.57. The lowest BCUT2D eigenvalue weighted by atomic mass is 9.95. The number of carbonyl (C=O) groups excluding carboxylic acids is 2. The van der Waals surface area contributed by atoms with Crippen molar-refractivity contribution >= 4 is 17.7 Å². The van der Waals surface area contributed by atoms with Crippen LogP contribution in [0, 0.1) is 10.1 Å². The zero-order valence-corrected chi connectivity index (χ0v) is 13.3. The summed E-state index contributed by atoms with van der Waals surface area (Å²) in [5, 5.41) is 25.6. The van der Waals surface area contributed by atoms with Crippen LogP contribution in [0.2, 0.25) is 0 Å². The van der Waals surface area contributed by atoms with Gasteiger partial charge in [0.2, 0.25) is 0 Å². The Kier molecular flexibility index (Phi) is 4.72. The molecule has 0 aromatic heterocycles. The molecule has 3 N–H and O–H groups in total. The molecule has 2 rings (SSSR count). The Balaban J connectivity index is 2.51. The number of urea groups is 1. The number of ether oxygens (including phenoxy) is 1. The largest absolute Gasteiger partial charge is 0.502 e. The molecule has 9 heteroatoms. The number of rotatable bonds is 4. The number of hydrogen-bond acceptors (Lipinski definition) is 6. The van der Waals surface area contributed by atoms with Gasteiger partial charge < -0.3 is 20.5 Å². The second-order valence-corrected chi connectivity index (χ2v) is 5.53. The fourth-order valence-electron chi connectivity index (χ4n) is 2.36. The third-order valence-corrected chi connectivity index (χ3v) is 3.36. The summed E-state index contributed by atoms with van der Waals surface area (Å²) in [6.07, 6.45) is -0.370. The van der Waals surface area contributed by atoms with Gasteiger partial charge in [-0.2, -0.15) is 0 Å². The molecule has 1 heterocycles. The lowest BCUT2D eigenvalue weighted by Crippen LogP contribution is -2.45. The Morgan fingerprint density at radius 3 is 2.67 bits per heavy atom. The van der Waals surface area contributed by atoms with E-state index in [1.807, 2.05) is 0 Å². The molecule has 0 bridgehead atoms. The molecule has 24 heavy (non-hydrogen) atoms. The van der Waals surface area contributed by atoms with Gasteiger partial charge in [0.05, 0.1) is 22.6 Å². The van der Waals surface area contributed by atoms with Crippen molar-refractivity contribution in [2.45, 2.75) is 32.9 Å². The molecule has 1 aliphatic rings. The highest BCUT2D eigenvalue weighted by atomic mass is 16.6. The van der Waals surface area contributed by atoms with Gasteiger partial charge in [-0.15, -0.1) is 0 Å². The van der Waals surface area contributed by atoms with Crippen molar-refractivity contribution in [3.05, 3.63) is 45.1 Å². The minimum absolute atomic E-state index is 0.142. The van der Waals surface area contributed by atoms with Gasteiger partial charge in [-0.05, 0) is 32.4 Å². The van der Waals surface area contributed by atoms with Gasteiger partial charge in [0.15, 0.2) is 5.75 Å². The highest BCUT2D eigenvalue weighted by Crippen LogP contribution is 2.33. The summed E-state index contributed by atoms with van der Waals surface area (Å²) in [4.78, 5) is 34.3. The van der Waals surface area contributed by atoms with Crippen LogP contribution in [0.4, 0.5) is 10.5 Å². The number of carbonyl (C=O) groups is 2. The number of phenolic OH excluding ortho intramolecular Hbond substituents is 1. The van der Waals surface area contributed by atoms with Crippen molar-refractivity contribution in [2.75, 3.05) is 0 Å². The highest BCUT2D eigenvalue weighted by molar-refractivity contribution is 5.95. The summed E-state index contributed by atoms with van der Waals surface area (Å²) >= 11 is 0. The van der Waals surface area contributed by atoms with E-state index in [2.05, 4.69) is 10.6 Å². The van der Waals surface area contributed by atoms with E-state index in [-0.39, 0.29) is 17.2 Å².